The number of ether oxygens (including phenoxy) is 2. The van der Waals surface area contributed by atoms with E-state index in [1.165, 1.54) is 48.2 Å². The molecule has 1 heterocycles. The van der Waals surface area contributed by atoms with E-state index >= 15 is 0 Å². The lowest BCUT2D eigenvalue weighted by Crippen LogP contribution is -2.52. The maximum Gasteiger partial charge on any atom is 0.244 e. The highest BCUT2D eigenvalue weighted by atomic mass is 32.2. The number of anilines is 1. The first-order valence-electron chi connectivity index (χ1n) is 11.3. The van der Waals surface area contributed by atoms with Crippen molar-refractivity contribution in [1.82, 2.24) is 10.2 Å². The third-order valence-corrected chi connectivity index (χ3v) is 7.23. The van der Waals surface area contributed by atoms with Crippen molar-refractivity contribution in [2.75, 3.05) is 23.4 Å². The van der Waals surface area contributed by atoms with Crippen LogP contribution >= 0.6 is 0 Å². The van der Waals surface area contributed by atoms with E-state index in [9.17, 15) is 22.4 Å². The number of amides is 2. The Morgan fingerprint density at radius 3 is 2.34 bits per heavy atom. The number of hydrogen-bond donors (Lipinski definition) is 1. The van der Waals surface area contributed by atoms with Crippen LogP contribution in [0.4, 0.5) is 10.1 Å². The van der Waals surface area contributed by atoms with Crippen molar-refractivity contribution in [3.63, 3.8) is 0 Å². The summed E-state index contributed by atoms with van der Waals surface area (Å²) in [6.45, 7) is 6.13. The predicted molar refractivity (Wildman–Crippen MR) is 129 cm³/mol. The molecule has 2 aromatic rings. The molecule has 190 valence electrons. The van der Waals surface area contributed by atoms with Gasteiger partial charge >= 0.3 is 0 Å². The van der Waals surface area contributed by atoms with E-state index in [4.69, 9.17) is 9.47 Å². The zero-order valence-corrected chi connectivity index (χ0v) is 21.0. The van der Waals surface area contributed by atoms with Crippen LogP contribution in [0.15, 0.2) is 42.5 Å². The molecule has 1 N–H and O–H groups in total. The first-order valence-corrected chi connectivity index (χ1v) is 12.9. The normalized spacial score (nSPS) is 13.4. The summed E-state index contributed by atoms with van der Waals surface area (Å²) >= 11 is 0. The average Bonchev–Trinajstić information content (AvgIpc) is 3.29. The van der Waals surface area contributed by atoms with Gasteiger partial charge in [0.1, 0.15) is 18.4 Å². The Labute approximate surface area is 204 Å². The van der Waals surface area contributed by atoms with Crippen molar-refractivity contribution < 1.29 is 31.9 Å². The van der Waals surface area contributed by atoms with Gasteiger partial charge in [-0.15, -0.1) is 0 Å². The molecular formula is C24H30FN3O6S. The molecule has 11 heteroatoms. The average molecular weight is 508 g/mol. The number of nitrogens with zero attached hydrogens (tertiary/aromatic N) is 2. The van der Waals surface area contributed by atoms with E-state index in [1.54, 1.807) is 26.8 Å². The van der Waals surface area contributed by atoms with Crippen molar-refractivity contribution >= 4 is 27.5 Å². The lowest BCUT2D eigenvalue weighted by Gasteiger charge is -2.32. The Morgan fingerprint density at radius 2 is 1.71 bits per heavy atom. The van der Waals surface area contributed by atoms with Gasteiger partial charge in [-0.1, -0.05) is 12.1 Å². The summed E-state index contributed by atoms with van der Waals surface area (Å²) in [5.74, 6) is -0.792. The molecule has 0 saturated carbocycles. The molecule has 0 aliphatic carbocycles. The van der Waals surface area contributed by atoms with E-state index in [-0.39, 0.29) is 36.7 Å². The Morgan fingerprint density at radius 1 is 1.06 bits per heavy atom. The predicted octanol–water partition coefficient (Wildman–Crippen LogP) is 2.65. The molecule has 2 aromatic carbocycles. The Hall–Kier alpha value is -3.34. The molecule has 0 saturated heterocycles. The second-order valence-corrected chi connectivity index (χ2v) is 10.6. The number of carbonyl (C=O) groups is 2. The maximum absolute atomic E-state index is 13.5. The monoisotopic (exact) mass is 507 g/mol. The van der Waals surface area contributed by atoms with Crippen LogP contribution in [0.1, 0.15) is 33.3 Å². The first kappa shape index (κ1) is 26.3. The van der Waals surface area contributed by atoms with Crippen LogP contribution in [-0.4, -0.2) is 56.3 Å². The van der Waals surface area contributed by atoms with Crippen molar-refractivity contribution in [1.29, 1.82) is 0 Å². The summed E-state index contributed by atoms with van der Waals surface area (Å²) in [7, 11) is -3.86. The van der Waals surface area contributed by atoms with Gasteiger partial charge < -0.3 is 19.7 Å². The standard InChI is InChI=1S/C24H30FN3O6S/c1-5-35(31,32)28(20-10-11-21-22(12-20)34-15-33-21)14-23(29)27(17(4)24(30)26-16(2)3)13-18-6-8-19(25)9-7-18/h6-12,16-17H,5,13-15H2,1-4H3,(H,26,30)/t17-/m0/s1. The van der Waals surface area contributed by atoms with Gasteiger partial charge in [0.2, 0.25) is 28.6 Å². The minimum atomic E-state index is -3.86. The van der Waals surface area contributed by atoms with Gasteiger partial charge in [-0.05, 0) is 57.5 Å². The third-order valence-electron chi connectivity index (χ3n) is 5.49. The minimum absolute atomic E-state index is 0.00700. The highest BCUT2D eigenvalue weighted by Gasteiger charge is 2.31. The fourth-order valence-corrected chi connectivity index (χ4v) is 4.59. The van der Waals surface area contributed by atoms with Crippen LogP contribution < -0.4 is 19.1 Å². The Bertz CT molecular complexity index is 1170. The quantitative estimate of drug-likeness (QED) is 0.530. The number of benzene rings is 2. The molecule has 0 fully saturated rings. The number of halogens is 1. The number of hydrogen-bond acceptors (Lipinski definition) is 6. The van der Waals surface area contributed by atoms with Gasteiger partial charge in [0.25, 0.3) is 0 Å². The van der Waals surface area contributed by atoms with Crippen LogP contribution in [0, 0.1) is 5.82 Å². The van der Waals surface area contributed by atoms with Crippen molar-refractivity contribution in [2.24, 2.45) is 0 Å². The molecule has 0 bridgehead atoms. The number of fused-ring (bicyclic) bond motifs is 1. The first-order chi connectivity index (χ1) is 16.5. The maximum atomic E-state index is 13.5. The summed E-state index contributed by atoms with van der Waals surface area (Å²) < 4.78 is 51.0. The molecule has 0 aromatic heterocycles. The molecule has 9 nitrogen and oxygen atoms in total. The van der Waals surface area contributed by atoms with Gasteiger partial charge in [0, 0.05) is 18.7 Å². The van der Waals surface area contributed by atoms with E-state index < -0.39 is 34.3 Å². The van der Waals surface area contributed by atoms with Crippen molar-refractivity contribution in [2.45, 2.75) is 46.3 Å². The molecule has 1 atom stereocenters. The van der Waals surface area contributed by atoms with Gasteiger partial charge in [-0.3, -0.25) is 13.9 Å². The Kier molecular flexibility index (Phi) is 8.21. The van der Waals surface area contributed by atoms with Gasteiger partial charge in [0.15, 0.2) is 11.5 Å². The fraction of sp³-hybridized carbons (Fsp3) is 0.417. The van der Waals surface area contributed by atoms with E-state index in [0.29, 0.717) is 17.1 Å². The number of rotatable bonds is 10. The lowest BCUT2D eigenvalue weighted by molar-refractivity contribution is -0.139. The van der Waals surface area contributed by atoms with E-state index in [2.05, 4.69) is 5.32 Å². The fourth-order valence-electron chi connectivity index (χ4n) is 3.53. The summed E-state index contributed by atoms with van der Waals surface area (Å²) in [6.07, 6.45) is 0. The van der Waals surface area contributed by atoms with Gasteiger partial charge in [-0.2, -0.15) is 0 Å². The minimum Gasteiger partial charge on any atom is -0.454 e. The molecule has 3 rings (SSSR count). The number of carbonyl (C=O) groups excluding carboxylic acids is 2. The summed E-state index contributed by atoms with van der Waals surface area (Å²) in [4.78, 5) is 27.6. The topological polar surface area (TPSA) is 105 Å². The van der Waals surface area contributed by atoms with Crippen molar-refractivity contribution in [3.8, 4) is 11.5 Å². The SMILES string of the molecule is CCS(=O)(=O)N(CC(=O)N(Cc1ccc(F)cc1)[C@@H](C)C(=O)NC(C)C)c1ccc2c(c1)OCO2. The molecule has 1 aliphatic rings. The zero-order valence-electron chi connectivity index (χ0n) is 20.2. The summed E-state index contributed by atoms with van der Waals surface area (Å²) in [5, 5.41) is 2.77. The highest BCUT2D eigenvalue weighted by molar-refractivity contribution is 7.92. The molecule has 0 spiro atoms. The smallest absolute Gasteiger partial charge is 0.244 e. The van der Waals surface area contributed by atoms with Crippen LogP contribution in [0.2, 0.25) is 0 Å². The van der Waals surface area contributed by atoms with Crippen LogP contribution in [-0.2, 0) is 26.2 Å². The molecule has 35 heavy (non-hydrogen) atoms. The van der Waals surface area contributed by atoms with Crippen LogP contribution in [0.5, 0.6) is 11.5 Å². The number of nitrogens with one attached hydrogen (secondary N) is 1. The molecule has 2 amide bonds. The lowest BCUT2D eigenvalue weighted by atomic mass is 10.1. The molecule has 1 aliphatic heterocycles. The molecular weight excluding hydrogens is 477 g/mol. The molecule has 0 radical (unpaired) electrons. The second-order valence-electron chi connectivity index (χ2n) is 8.43. The Balaban J connectivity index is 1.93. The molecule has 0 unspecified atom stereocenters. The summed E-state index contributed by atoms with van der Waals surface area (Å²) in [5.41, 5.74) is 0.836. The van der Waals surface area contributed by atoms with E-state index in [0.717, 1.165) is 4.31 Å². The largest absolute Gasteiger partial charge is 0.454 e. The van der Waals surface area contributed by atoms with Crippen LogP contribution in [0.3, 0.4) is 0 Å². The van der Waals surface area contributed by atoms with Gasteiger partial charge in [0.05, 0.1) is 11.4 Å². The second kappa shape index (κ2) is 10.9. The van der Waals surface area contributed by atoms with Crippen molar-refractivity contribution in [3.05, 3.63) is 53.8 Å². The third kappa shape index (κ3) is 6.41. The van der Waals surface area contributed by atoms with Gasteiger partial charge in [-0.25, -0.2) is 12.8 Å². The zero-order chi connectivity index (χ0) is 25.8. The number of sulfonamides is 1. The summed E-state index contributed by atoms with van der Waals surface area (Å²) in [6, 6.07) is 9.11. The highest BCUT2D eigenvalue weighted by Crippen LogP contribution is 2.36. The van der Waals surface area contributed by atoms with Crippen LogP contribution in [0.25, 0.3) is 0 Å². The van der Waals surface area contributed by atoms with E-state index in [1.807, 2.05) is 0 Å².